The number of rotatable bonds is 5. The first-order valence-corrected chi connectivity index (χ1v) is 7.97. The maximum absolute atomic E-state index is 2.47. The molecule has 1 aliphatic rings. The smallest absolute Gasteiger partial charge is 0.0119 e. The van der Waals surface area contributed by atoms with Crippen LogP contribution in [0, 0.1) is 5.92 Å². The average molecular weight is 224 g/mol. The lowest BCUT2D eigenvalue weighted by Crippen LogP contribution is -2.30. The molecule has 0 N–H and O–H groups in total. The van der Waals surface area contributed by atoms with Gasteiger partial charge in [-0.25, -0.2) is 0 Å². The predicted molar refractivity (Wildman–Crippen MR) is 73.1 cm³/mol. The third-order valence-electron chi connectivity index (χ3n) is 3.53. The molecule has 0 saturated carbocycles. The van der Waals surface area contributed by atoms with Crippen LogP contribution >= 0.6 is 7.92 Å². The van der Waals surface area contributed by atoms with Crippen LogP contribution < -0.4 is 0 Å². The fourth-order valence-electron chi connectivity index (χ4n) is 2.35. The van der Waals surface area contributed by atoms with E-state index in [4.69, 9.17) is 0 Å². The normalized spacial score (nSPS) is 30.1. The van der Waals surface area contributed by atoms with Gasteiger partial charge in [0.15, 0.2) is 0 Å². The SMILES string of the molecule is CCCP(CCC)C1(C)C=CC=CC1C. The summed E-state index contributed by atoms with van der Waals surface area (Å²) < 4.78 is 0. The van der Waals surface area contributed by atoms with Gasteiger partial charge in [0, 0.05) is 5.16 Å². The van der Waals surface area contributed by atoms with E-state index in [0.717, 1.165) is 0 Å². The van der Waals surface area contributed by atoms with Crippen LogP contribution in [0.3, 0.4) is 0 Å². The van der Waals surface area contributed by atoms with Crippen molar-refractivity contribution in [1.29, 1.82) is 0 Å². The molecule has 1 rings (SSSR count). The molecule has 0 amide bonds. The third-order valence-corrected chi connectivity index (χ3v) is 7.43. The zero-order valence-corrected chi connectivity index (χ0v) is 11.6. The summed E-state index contributed by atoms with van der Waals surface area (Å²) in [5, 5.41) is 0.454. The molecule has 0 aromatic heterocycles. The van der Waals surface area contributed by atoms with Gasteiger partial charge in [-0.3, -0.25) is 0 Å². The fourth-order valence-corrected chi connectivity index (χ4v) is 5.58. The molecule has 0 aromatic rings. The lowest BCUT2D eigenvalue weighted by Gasteiger charge is -2.41. The van der Waals surface area contributed by atoms with Gasteiger partial charge < -0.3 is 0 Å². The average Bonchev–Trinajstić information content (AvgIpc) is 2.22. The van der Waals surface area contributed by atoms with Crippen molar-refractivity contribution in [3.8, 4) is 0 Å². The summed E-state index contributed by atoms with van der Waals surface area (Å²) in [5.41, 5.74) is 0. The summed E-state index contributed by atoms with van der Waals surface area (Å²) in [6, 6.07) is 0. The standard InChI is InChI=1S/C14H25P/c1-5-11-15(12-6-2)14(4)10-8-7-9-13(14)3/h7-10,13H,5-6,11-12H2,1-4H3. The Kier molecular flexibility index (Phi) is 5.06. The van der Waals surface area contributed by atoms with Gasteiger partial charge in [-0.15, -0.1) is 0 Å². The van der Waals surface area contributed by atoms with Crippen LogP contribution in [-0.4, -0.2) is 17.5 Å². The second-order valence-corrected chi connectivity index (χ2v) is 7.68. The molecule has 0 aromatic carbocycles. The van der Waals surface area contributed by atoms with E-state index in [1.807, 2.05) is 0 Å². The molecule has 0 saturated heterocycles. The predicted octanol–water partition coefficient (Wildman–Crippen LogP) is 4.81. The Bertz CT molecular complexity index is 236. The highest BCUT2D eigenvalue weighted by Crippen LogP contribution is 2.56. The quantitative estimate of drug-likeness (QED) is 0.588. The third kappa shape index (κ3) is 2.94. The van der Waals surface area contributed by atoms with E-state index in [1.54, 1.807) is 0 Å². The monoisotopic (exact) mass is 224 g/mol. The second kappa shape index (κ2) is 5.85. The van der Waals surface area contributed by atoms with Crippen molar-refractivity contribution in [2.24, 2.45) is 5.92 Å². The summed E-state index contributed by atoms with van der Waals surface area (Å²) in [6.07, 6.45) is 14.8. The van der Waals surface area contributed by atoms with E-state index in [2.05, 4.69) is 52.0 Å². The molecular weight excluding hydrogens is 199 g/mol. The minimum absolute atomic E-state index is 0.162. The summed E-state index contributed by atoms with van der Waals surface area (Å²) in [5.74, 6) is 0.715. The molecule has 2 unspecified atom stereocenters. The molecule has 0 fully saturated rings. The van der Waals surface area contributed by atoms with Gasteiger partial charge in [0.25, 0.3) is 0 Å². The number of hydrogen-bond donors (Lipinski definition) is 0. The molecule has 1 heteroatoms. The van der Waals surface area contributed by atoms with Gasteiger partial charge >= 0.3 is 0 Å². The summed E-state index contributed by atoms with van der Waals surface area (Å²) in [4.78, 5) is 0. The van der Waals surface area contributed by atoms with Crippen LogP contribution in [0.2, 0.25) is 0 Å². The Labute approximate surface area is 96.6 Å². The molecule has 1 aliphatic carbocycles. The van der Waals surface area contributed by atoms with Crippen molar-refractivity contribution >= 4 is 7.92 Å². The molecule has 2 atom stereocenters. The highest BCUT2D eigenvalue weighted by Gasteiger charge is 2.35. The first kappa shape index (κ1) is 13.0. The number of hydrogen-bond acceptors (Lipinski definition) is 0. The van der Waals surface area contributed by atoms with Crippen molar-refractivity contribution in [3.05, 3.63) is 24.3 Å². The van der Waals surface area contributed by atoms with Gasteiger partial charge in [-0.2, -0.15) is 0 Å². The molecule has 0 radical (unpaired) electrons. The van der Waals surface area contributed by atoms with E-state index in [-0.39, 0.29) is 7.92 Å². The van der Waals surface area contributed by atoms with Gasteiger partial charge in [0.05, 0.1) is 0 Å². The lowest BCUT2D eigenvalue weighted by atomic mass is 9.91. The molecule has 86 valence electrons. The fraction of sp³-hybridized carbons (Fsp3) is 0.714. The Morgan fingerprint density at radius 2 is 1.73 bits per heavy atom. The van der Waals surface area contributed by atoms with E-state index in [1.165, 1.54) is 25.2 Å². The zero-order valence-electron chi connectivity index (χ0n) is 10.7. The first-order valence-electron chi connectivity index (χ1n) is 6.26. The minimum atomic E-state index is 0.162. The Morgan fingerprint density at radius 3 is 2.20 bits per heavy atom. The summed E-state index contributed by atoms with van der Waals surface area (Å²) in [7, 11) is 0.162. The minimum Gasteiger partial charge on any atom is -0.0961 e. The van der Waals surface area contributed by atoms with Crippen molar-refractivity contribution in [1.82, 2.24) is 0 Å². The highest BCUT2D eigenvalue weighted by molar-refractivity contribution is 7.59. The van der Waals surface area contributed by atoms with Crippen molar-refractivity contribution < 1.29 is 0 Å². The van der Waals surface area contributed by atoms with Crippen molar-refractivity contribution in [3.63, 3.8) is 0 Å². The lowest BCUT2D eigenvalue weighted by molar-refractivity contribution is 0.585. The highest BCUT2D eigenvalue weighted by atomic mass is 31.1. The van der Waals surface area contributed by atoms with Gasteiger partial charge in [-0.05, 0) is 18.2 Å². The maximum atomic E-state index is 2.47. The van der Waals surface area contributed by atoms with Crippen LogP contribution in [-0.2, 0) is 0 Å². The molecule has 0 heterocycles. The summed E-state index contributed by atoms with van der Waals surface area (Å²) >= 11 is 0. The maximum Gasteiger partial charge on any atom is 0.0119 e. The summed E-state index contributed by atoms with van der Waals surface area (Å²) in [6.45, 7) is 9.48. The second-order valence-electron chi connectivity index (χ2n) is 4.75. The van der Waals surface area contributed by atoms with Crippen molar-refractivity contribution in [2.75, 3.05) is 12.3 Å². The zero-order chi connectivity index (χ0) is 11.3. The Hall–Kier alpha value is -0.0900. The molecule has 0 spiro atoms. The topological polar surface area (TPSA) is 0 Å². The molecular formula is C14H25P. The molecule has 0 nitrogen and oxygen atoms in total. The van der Waals surface area contributed by atoms with Crippen LogP contribution in [0.15, 0.2) is 24.3 Å². The van der Waals surface area contributed by atoms with E-state index in [0.29, 0.717) is 11.1 Å². The van der Waals surface area contributed by atoms with E-state index >= 15 is 0 Å². The first-order chi connectivity index (χ1) is 7.15. The van der Waals surface area contributed by atoms with Crippen molar-refractivity contribution in [2.45, 2.75) is 45.7 Å². The van der Waals surface area contributed by atoms with Crippen LogP contribution in [0.25, 0.3) is 0 Å². The Balaban J connectivity index is 2.79. The van der Waals surface area contributed by atoms with Gasteiger partial charge in [0.2, 0.25) is 0 Å². The van der Waals surface area contributed by atoms with E-state index in [9.17, 15) is 0 Å². The molecule has 0 bridgehead atoms. The number of allylic oxidation sites excluding steroid dienone is 4. The molecule has 0 aliphatic heterocycles. The van der Waals surface area contributed by atoms with Crippen LogP contribution in [0.5, 0.6) is 0 Å². The van der Waals surface area contributed by atoms with Crippen LogP contribution in [0.1, 0.15) is 40.5 Å². The van der Waals surface area contributed by atoms with E-state index < -0.39 is 0 Å². The van der Waals surface area contributed by atoms with Gasteiger partial charge in [-0.1, -0.05) is 72.8 Å². The Morgan fingerprint density at radius 1 is 1.13 bits per heavy atom. The largest absolute Gasteiger partial charge is 0.0961 e. The molecule has 15 heavy (non-hydrogen) atoms. The van der Waals surface area contributed by atoms with Gasteiger partial charge in [0.1, 0.15) is 0 Å². The van der Waals surface area contributed by atoms with Crippen LogP contribution in [0.4, 0.5) is 0 Å².